The van der Waals surface area contributed by atoms with Gasteiger partial charge in [0.05, 0.1) is 15.6 Å². The molecular weight excluding hydrogens is 422 g/mol. The van der Waals surface area contributed by atoms with E-state index >= 15 is 0 Å². The van der Waals surface area contributed by atoms with Crippen LogP contribution >= 0.6 is 11.6 Å². The number of rotatable bonds is 5. The maximum absolute atomic E-state index is 13.8. The number of para-hydroxylation sites is 1. The van der Waals surface area contributed by atoms with Crippen LogP contribution in [0.2, 0.25) is 5.02 Å². The molecule has 0 saturated carbocycles. The molecule has 5 nitrogen and oxygen atoms in total. The lowest BCUT2D eigenvalue weighted by atomic mass is 10.1. The minimum absolute atomic E-state index is 0.0581. The molecule has 0 aliphatic rings. The molecule has 150 valence electrons. The number of hydrogen-bond acceptors (Lipinski definition) is 3. The maximum Gasteiger partial charge on any atom is 0.262 e. The van der Waals surface area contributed by atoms with Gasteiger partial charge in [0.1, 0.15) is 17.2 Å². The number of benzene rings is 3. The summed E-state index contributed by atoms with van der Waals surface area (Å²) in [6.07, 6.45) is 0. The van der Waals surface area contributed by atoms with Crippen LogP contribution in [-0.2, 0) is 10.0 Å². The second-order valence-corrected chi connectivity index (χ2v) is 8.17. The average Bonchev–Trinajstić information content (AvgIpc) is 2.65. The van der Waals surface area contributed by atoms with E-state index in [-0.39, 0.29) is 21.3 Å². The molecule has 0 radical (unpaired) electrons. The number of aryl methyl sites for hydroxylation is 1. The van der Waals surface area contributed by atoms with Crippen LogP contribution in [0.25, 0.3) is 0 Å². The number of sulfonamides is 1. The molecule has 3 rings (SSSR count). The van der Waals surface area contributed by atoms with Crippen molar-refractivity contribution < 1.29 is 22.0 Å². The van der Waals surface area contributed by atoms with Gasteiger partial charge in [-0.05, 0) is 48.9 Å². The van der Waals surface area contributed by atoms with Crippen molar-refractivity contribution in [3.63, 3.8) is 0 Å². The van der Waals surface area contributed by atoms with E-state index in [2.05, 4.69) is 10.0 Å². The summed E-state index contributed by atoms with van der Waals surface area (Å²) in [5.41, 5.74) is -0.106. The first-order chi connectivity index (χ1) is 13.7. The molecule has 0 aromatic heterocycles. The van der Waals surface area contributed by atoms with Crippen molar-refractivity contribution in [3.8, 4) is 0 Å². The predicted octanol–water partition coefficient (Wildman–Crippen LogP) is 4.98. The molecular formula is C20H15ClF2N2O3S. The van der Waals surface area contributed by atoms with Crippen LogP contribution in [0.1, 0.15) is 15.9 Å². The molecule has 0 spiro atoms. The molecule has 9 heteroatoms. The Bertz CT molecular complexity index is 1180. The standard InChI is InChI=1S/C20H15ClF2N2O3S/c1-12-9-10-13(24-20(26)19-15(22)6-4-7-16(19)23)11-18(12)29(27,28)25-17-8-3-2-5-14(17)21/h2-11,25H,1H3,(H,24,26). The lowest BCUT2D eigenvalue weighted by Crippen LogP contribution is -2.18. The molecule has 3 aromatic rings. The largest absolute Gasteiger partial charge is 0.322 e. The number of amides is 1. The van der Waals surface area contributed by atoms with Crippen molar-refractivity contribution in [2.24, 2.45) is 0 Å². The first-order valence-electron chi connectivity index (χ1n) is 8.32. The maximum atomic E-state index is 13.8. The zero-order chi connectivity index (χ0) is 21.2. The van der Waals surface area contributed by atoms with Gasteiger partial charge in [-0.1, -0.05) is 35.9 Å². The fourth-order valence-electron chi connectivity index (χ4n) is 2.62. The molecule has 1 amide bonds. The summed E-state index contributed by atoms with van der Waals surface area (Å²) in [5.74, 6) is -3.09. The molecule has 2 N–H and O–H groups in total. The number of hydrogen-bond donors (Lipinski definition) is 2. The number of halogens is 3. The highest BCUT2D eigenvalue weighted by molar-refractivity contribution is 7.92. The zero-order valence-electron chi connectivity index (χ0n) is 15.0. The summed E-state index contributed by atoms with van der Waals surface area (Å²) in [6, 6.07) is 13.5. The second kappa shape index (κ2) is 8.18. The van der Waals surface area contributed by atoms with Gasteiger partial charge in [0.25, 0.3) is 15.9 Å². The van der Waals surface area contributed by atoms with E-state index in [9.17, 15) is 22.0 Å². The van der Waals surface area contributed by atoms with Crippen molar-refractivity contribution in [1.29, 1.82) is 0 Å². The van der Waals surface area contributed by atoms with Gasteiger partial charge in [-0.3, -0.25) is 9.52 Å². The van der Waals surface area contributed by atoms with E-state index in [4.69, 9.17) is 11.6 Å². The first kappa shape index (κ1) is 20.8. The van der Waals surface area contributed by atoms with Gasteiger partial charge >= 0.3 is 0 Å². The summed E-state index contributed by atoms with van der Waals surface area (Å²) in [4.78, 5) is 12.1. The number of carbonyl (C=O) groups is 1. The highest BCUT2D eigenvalue weighted by Crippen LogP contribution is 2.27. The van der Waals surface area contributed by atoms with Crippen molar-refractivity contribution in [1.82, 2.24) is 0 Å². The third-order valence-corrected chi connectivity index (χ3v) is 5.88. The molecule has 3 aromatic carbocycles. The van der Waals surface area contributed by atoms with E-state index in [1.54, 1.807) is 19.1 Å². The molecule has 0 saturated heterocycles. The van der Waals surface area contributed by atoms with Crippen LogP contribution in [0.15, 0.2) is 65.6 Å². The second-order valence-electron chi connectivity index (χ2n) is 6.12. The van der Waals surface area contributed by atoms with Crippen LogP contribution in [0, 0.1) is 18.6 Å². The van der Waals surface area contributed by atoms with Crippen molar-refractivity contribution in [3.05, 3.63) is 88.4 Å². The summed E-state index contributed by atoms with van der Waals surface area (Å²) in [5, 5.41) is 2.53. The van der Waals surface area contributed by atoms with Crippen molar-refractivity contribution in [2.45, 2.75) is 11.8 Å². The lowest BCUT2D eigenvalue weighted by molar-refractivity contribution is 0.101. The summed E-state index contributed by atoms with van der Waals surface area (Å²) >= 11 is 6.00. The quantitative estimate of drug-likeness (QED) is 0.592. The monoisotopic (exact) mass is 436 g/mol. The van der Waals surface area contributed by atoms with Gasteiger partial charge in [0, 0.05) is 5.69 Å². The van der Waals surface area contributed by atoms with Gasteiger partial charge in [-0.15, -0.1) is 0 Å². The molecule has 0 heterocycles. The van der Waals surface area contributed by atoms with Gasteiger partial charge < -0.3 is 5.32 Å². The molecule has 29 heavy (non-hydrogen) atoms. The van der Waals surface area contributed by atoms with Crippen LogP contribution < -0.4 is 10.0 Å². The summed E-state index contributed by atoms with van der Waals surface area (Å²) < 4.78 is 55.6. The van der Waals surface area contributed by atoms with Gasteiger partial charge in [-0.2, -0.15) is 0 Å². The van der Waals surface area contributed by atoms with Crippen molar-refractivity contribution in [2.75, 3.05) is 10.0 Å². The number of carbonyl (C=O) groups excluding carboxylic acids is 1. The predicted molar refractivity (Wildman–Crippen MR) is 108 cm³/mol. The highest BCUT2D eigenvalue weighted by Gasteiger charge is 2.21. The minimum Gasteiger partial charge on any atom is -0.322 e. The van der Waals surface area contributed by atoms with Gasteiger partial charge in [0.2, 0.25) is 0 Å². The lowest BCUT2D eigenvalue weighted by Gasteiger charge is -2.13. The smallest absolute Gasteiger partial charge is 0.262 e. The first-order valence-corrected chi connectivity index (χ1v) is 10.2. The Balaban J connectivity index is 1.92. The molecule has 0 aliphatic heterocycles. The third kappa shape index (κ3) is 4.55. The van der Waals surface area contributed by atoms with E-state index in [0.717, 1.165) is 18.2 Å². The van der Waals surface area contributed by atoms with Crippen LogP contribution in [-0.4, -0.2) is 14.3 Å². The molecule has 0 fully saturated rings. The summed E-state index contributed by atoms with van der Waals surface area (Å²) in [7, 11) is -4.04. The Morgan fingerprint density at radius 1 is 0.966 bits per heavy atom. The summed E-state index contributed by atoms with van der Waals surface area (Å²) in [6.45, 7) is 1.57. The Morgan fingerprint density at radius 2 is 1.62 bits per heavy atom. The zero-order valence-corrected chi connectivity index (χ0v) is 16.6. The third-order valence-electron chi connectivity index (χ3n) is 4.04. The Kier molecular flexibility index (Phi) is 5.86. The highest BCUT2D eigenvalue weighted by atomic mass is 35.5. The Labute approximate surface area is 171 Å². The fraction of sp³-hybridized carbons (Fsp3) is 0.0500. The average molecular weight is 437 g/mol. The van der Waals surface area contributed by atoms with Crippen LogP contribution in [0.3, 0.4) is 0 Å². The molecule has 0 atom stereocenters. The Morgan fingerprint density at radius 3 is 2.28 bits per heavy atom. The molecule has 0 unspecified atom stereocenters. The number of anilines is 2. The fourth-order valence-corrected chi connectivity index (χ4v) is 4.21. The van der Waals surface area contributed by atoms with E-state index in [0.29, 0.717) is 5.56 Å². The molecule has 0 bridgehead atoms. The SMILES string of the molecule is Cc1ccc(NC(=O)c2c(F)cccc2F)cc1S(=O)(=O)Nc1ccccc1Cl. The van der Waals surface area contributed by atoms with Gasteiger partial charge in [-0.25, -0.2) is 17.2 Å². The van der Waals surface area contributed by atoms with Crippen LogP contribution in [0.4, 0.5) is 20.2 Å². The normalized spacial score (nSPS) is 11.2. The van der Waals surface area contributed by atoms with E-state index in [1.807, 2.05) is 0 Å². The Hall–Kier alpha value is -2.97. The molecule has 0 aliphatic carbocycles. The van der Waals surface area contributed by atoms with E-state index in [1.165, 1.54) is 30.3 Å². The number of nitrogens with one attached hydrogen (secondary N) is 2. The topological polar surface area (TPSA) is 75.3 Å². The van der Waals surface area contributed by atoms with Crippen molar-refractivity contribution >= 4 is 38.9 Å². The van der Waals surface area contributed by atoms with Crippen LogP contribution in [0.5, 0.6) is 0 Å². The van der Waals surface area contributed by atoms with E-state index < -0.39 is 33.1 Å². The van der Waals surface area contributed by atoms with Gasteiger partial charge in [0.15, 0.2) is 0 Å². The minimum atomic E-state index is -4.04.